The number of hydrogen-bond donors (Lipinski definition) is 0. The molecule has 0 aliphatic heterocycles. The van der Waals surface area contributed by atoms with Crippen LogP contribution >= 0.6 is 0 Å². The largest absolute Gasteiger partial charge is 0.375 e. The van der Waals surface area contributed by atoms with Gasteiger partial charge in [0.2, 0.25) is 0 Å². The Morgan fingerprint density at radius 3 is 2.87 bits per heavy atom. The summed E-state index contributed by atoms with van der Waals surface area (Å²) in [5.41, 5.74) is 2.41. The molecule has 0 fully saturated rings. The highest BCUT2D eigenvalue weighted by Gasteiger charge is 2.35. The molecule has 0 radical (unpaired) electrons. The molecule has 0 N–H and O–H groups in total. The Bertz CT molecular complexity index is 367. The van der Waals surface area contributed by atoms with Crippen LogP contribution in [0.5, 0.6) is 0 Å². The van der Waals surface area contributed by atoms with E-state index in [1.807, 2.05) is 18.2 Å². The van der Waals surface area contributed by atoms with Crippen molar-refractivity contribution in [3.63, 3.8) is 0 Å². The van der Waals surface area contributed by atoms with Crippen molar-refractivity contribution in [1.29, 1.82) is 0 Å². The lowest BCUT2D eigenvalue weighted by Gasteiger charge is -2.23. The van der Waals surface area contributed by atoms with Crippen molar-refractivity contribution in [3.8, 4) is 0 Å². The molecule has 0 bridgehead atoms. The van der Waals surface area contributed by atoms with Gasteiger partial charge in [-0.25, -0.2) is 0 Å². The van der Waals surface area contributed by atoms with Gasteiger partial charge in [-0.2, -0.15) is 0 Å². The van der Waals surface area contributed by atoms with Crippen LogP contribution in [0.1, 0.15) is 17.2 Å². The van der Waals surface area contributed by atoms with Crippen molar-refractivity contribution in [3.05, 3.63) is 40.3 Å². The fourth-order valence-electron chi connectivity index (χ4n) is 2.21. The minimum absolute atomic E-state index is 0.0184. The van der Waals surface area contributed by atoms with Crippen LogP contribution in [0.3, 0.4) is 0 Å². The van der Waals surface area contributed by atoms with Crippen molar-refractivity contribution >= 4 is 0 Å². The van der Waals surface area contributed by atoms with E-state index in [0.717, 1.165) is 6.42 Å². The molecular weight excluding hydrogens is 192 g/mol. The van der Waals surface area contributed by atoms with E-state index in [1.54, 1.807) is 14.2 Å². The highest BCUT2D eigenvalue weighted by Crippen LogP contribution is 2.36. The predicted octanol–water partition coefficient (Wildman–Crippen LogP) is 1.91. The van der Waals surface area contributed by atoms with E-state index in [1.165, 1.54) is 16.1 Å². The van der Waals surface area contributed by atoms with E-state index in [4.69, 9.17) is 4.74 Å². The third kappa shape index (κ3) is 1.61. The lowest BCUT2D eigenvalue weighted by atomic mass is 10.1. The number of hydrogen-bond acceptors (Lipinski definition) is 3. The molecule has 15 heavy (non-hydrogen) atoms. The number of fused-ring (bicyclic) bond motifs is 1. The summed E-state index contributed by atoms with van der Waals surface area (Å²) in [6.45, 7) is 0. The van der Waals surface area contributed by atoms with E-state index in [-0.39, 0.29) is 12.1 Å². The number of nitrogens with zero attached hydrogens (tertiary/aromatic N) is 2. The molecule has 4 heteroatoms. The maximum atomic E-state index is 10.5. The number of benzene rings is 1. The molecule has 0 heterocycles. The quantitative estimate of drug-likeness (QED) is 0.560. The molecule has 80 valence electrons. The fourth-order valence-corrected chi connectivity index (χ4v) is 2.21. The lowest BCUT2D eigenvalue weighted by Crippen LogP contribution is -2.31. The van der Waals surface area contributed by atoms with Gasteiger partial charge in [-0.15, -0.1) is 4.91 Å². The molecule has 1 aliphatic rings. The first-order valence-electron chi connectivity index (χ1n) is 4.94. The zero-order valence-corrected chi connectivity index (χ0v) is 8.88. The summed E-state index contributed by atoms with van der Waals surface area (Å²) in [7, 11) is 3.36. The van der Waals surface area contributed by atoms with Gasteiger partial charge in [0.15, 0.2) is 0 Å². The summed E-state index contributed by atoms with van der Waals surface area (Å²) < 4.78 is 5.43. The maximum Gasteiger partial charge on any atom is 0.105 e. The van der Waals surface area contributed by atoms with Crippen molar-refractivity contribution in [2.24, 2.45) is 5.29 Å². The molecule has 0 saturated heterocycles. The SMILES string of the molecule is CO[C@H]1c2ccccc2C[C@@H]1N(C)N=O. The summed E-state index contributed by atoms with van der Waals surface area (Å²) >= 11 is 0. The van der Waals surface area contributed by atoms with Crippen LogP contribution in [0.15, 0.2) is 29.6 Å². The number of likely N-dealkylation sites (N-methyl/N-ethyl adjacent to an activating group) is 1. The molecule has 0 spiro atoms. The van der Waals surface area contributed by atoms with Crippen LogP contribution in [-0.2, 0) is 11.2 Å². The highest BCUT2D eigenvalue weighted by atomic mass is 16.5. The second-order valence-corrected chi connectivity index (χ2v) is 3.78. The molecule has 2 rings (SSSR count). The Morgan fingerprint density at radius 1 is 1.47 bits per heavy atom. The van der Waals surface area contributed by atoms with Crippen LogP contribution in [0.2, 0.25) is 0 Å². The van der Waals surface area contributed by atoms with Gasteiger partial charge >= 0.3 is 0 Å². The van der Waals surface area contributed by atoms with Gasteiger partial charge < -0.3 is 4.74 Å². The topological polar surface area (TPSA) is 41.9 Å². The summed E-state index contributed by atoms with van der Waals surface area (Å²) in [5.74, 6) is 0. The normalized spacial score (nSPS) is 23.6. The molecule has 0 amide bonds. The molecule has 4 nitrogen and oxygen atoms in total. The standard InChI is InChI=1S/C11H14N2O2/c1-13(12-14)10-7-8-5-3-4-6-9(8)11(10)15-2/h3-6,10-11H,7H2,1-2H3/t10-,11-/m0/s1. The molecule has 0 saturated carbocycles. The zero-order chi connectivity index (χ0) is 10.8. The molecule has 1 aromatic rings. The van der Waals surface area contributed by atoms with Crippen LogP contribution in [-0.4, -0.2) is 25.2 Å². The predicted molar refractivity (Wildman–Crippen MR) is 57.2 cm³/mol. The average Bonchev–Trinajstić information content (AvgIpc) is 2.66. The third-order valence-corrected chi connectivity index (χ3v) is 3.00. The van der Waals surface area contributed by atoms with Gasteiger partial charge in [0.1, 0.15) is 6.10 Å². The van der Waals surface area contributed by atoms with Gasteiger partial charge in [-0.1, -0.05) is 24.3 Å². The van der Waals surface area contributed by atoms with Crippen LogP contribution in [0.25, 0.3) is 0 Å². The Balaban J connectivity index is 2.32. The third-order valence-electron chi connectivity index (χ3n) is 3.00. The highest BCUT2D eigenvalue weighted by molar-refractivity contribution is 5.36. The number of ether oxygens (including phenoxy) is 1. The van der Waals surface area contributed by atoms with Crippen LogP contribution in [0.4, 0.5) is 0 Å². The second-order valence-electron chi connectivity index (χ2n) is 3.78. The number of rotatable bonds is 3. The molecule has 1 aromatic carbocycles. The number of methoxy groups -OCH3 is 1. The molecule has 2 atom stereocenters. The van der Waals surface area contributed by atoms with Crippen LogP contribution < -0.4 is 0 Å². The van der Waals surface area contributed by atoms with Crippen LogP contribution in [0, 0.1) is 4.91 Å². The molecule has 0 aromatic heterocycles. The summed E-state index contributed by atoms with van der Waals surface area (Å²) in [5, 5.41) is 4.39. The smallest absolute Gasteiger partial charge is 0.105 e. The molecule has 0 unspecified atom stereocenters. The van der Waals surface area contributed by atoms with Gasteiger partial charge in [-0.3, -0.25) is 5.01 Å². The Kier molecular flexibility index (Phi) is 2.68. The first-order valence-corrected chi connectivity index (χ1v) is 4.94. The average molecular weight is 206 g/mol. The van der Waals surface area contributed by atoms with E-state index >= 15 is 0 Å². The monoisotopic (exact) mass is 206 g/mol. The van der Waals surface area contributed by atoms with Crippen molar-refractivity contribution in [2.45, 2.75) is 18.6 Å². The van der Waals surface area contributed by atoms with Gasteiger partial charge in [0, 0.05) is 14.2 Å². The Labute approximate surface area is 88.8 Å². The van der Waals surface area contributed by atoms with Gasteiger partial charge in [-0.05, 0) is 17.5 Å². The van der Waals surface area contributed by atoms with Gasteiger partial charge in [0.25, 0.3) is 0 Å². The summed E-state index contributed by atoms with van der Waals surface area (Å²) in [6.07, 6.45) is 0.764. The fraction of sp³-hybridized carbons (Fsp3) is 0.455. The van der Waals surface area contributed by atoms with Crippen molar-refractivity contribution < 1.29 is 4.74 Å². The zero-order valence-electron chi connectivity index (χ0n) is 8.88. The minimum atomic E-state index is -0.0519. The van der Waals surface area contributed by atoms with E-state index in [9.17, 15) is 4.91 Å². The molecule has 1 aliphatic carbocycles. The molecular formula is C11H14N2O2. The van der Waals surface area contributed by atoms with Crippen molar-refractivity contribution in [1.82, 2.24) is 5.01 Å². The number of nitroso groups, excluding NO2 is 1. The Morgan fingerprint density at radius 2 is 2.20 bits per heavy atom. The maximum absolute atomic E-state index is 10.5. The first-order chi connectivity index (χ1) is 7.27. The van der Waals surface area contributed by atoms with Gasteiger partial charge in [0.05, 0.1) is 11.3 Å². The van der Waals surface area contributed by atoms with E-state index in [2.05, 4.69) is 11.4 Å². The Hall–Kier alpha value is -1.42. The van der Waals surface area contributed by atoms with E-state index in [0.29, 0.717) is 0 Å². The second kappa shape index (κ2) is 3.98. The minimum Gasteiger partial charge on any atom is -0.375 e. The first kappa shape index (κ1) is 10.1. The lowest BCUT2D eigenvalue weighted by molar-refractivity contribution is 0.0340. The summed E-state index contributed by atoms with van der Waals surface area (Å²) in [6, 6.07) is 8.12. The van der Waals surface area contributed by atoms with Crippen molar-refractivity contribution in [2.75, 3.05) is 14.2 Å². The summed E-state index contributed by atoms with van der Waals surface area (Å²) in [4.78, 5) is 10.5. The van der Waals surface area contributed by atoms with E-state index < -0.39 is 0 Å².